The molecule has 2 nitrogen and oxygen atoms in total. The van der Waals surface area contributed by atoms with E-state index in [1.165, 1.54) is 42.9 Å². The van der Waals surface area contributed by atoms with Gasteiger partial charge in [-0.15, -0.1) is 0 Å². The van der Waals surface area contributed by atoms with Crippen LogP contribution in [0.1, 0.15) is 48.3 Å². The molecule has 0 heterocycles. The van der Waals surface area contributed by atoms with Gasteiger partial charge in [0, 0.05) is 25.4 Å². The van der Waals surface area contributed by atoms with E-state index in [2.05, 4.69) is 55.2 Å². The summed E-state index contributed by atoms with van der Waals surface area (Å²) in [5, 5.41) is 0. The summed E-state index contributed by atoms with van der Waals surface area (Å²) in [6.45, 7) is 0.989. The van der Waals surface area contributed by atoms with Crippen LogP contribution in [-0.4, -0.2) is 41.3 Å². The second-order valence-electron chi connectivity index (χ2n) is 8.28. The van der Waals surface area contributed by atoms with Crippen molar-refractivity contribution in [3.8, 4) is 0 Å². The minimum atomic E-state index is -0.185. The number of hydrogen-bond donors (Lipinski definition) is 0. The molecule has 0 amide bonds. The molecular weight excluding hydrogens is 399 g/mol. The molecule has 0 bridgehead atoms. The van der Waals surface area contributed by atoms with E-state index < -0.39 is 0 Å². The van der Waals surface area contributed by atoms with Gasteiger partial charge < -0.3 is 9.80 Å². The Morgan fingerprint density at radius 3 is 2.31 bits per heavy atom. The maximum atomic E-state index is 13.3. The van der Waals surface area contributed by atoms with Crippen LogP contribution in [0.15, 0.2) is 48.5 Å². The Morgan fingerprint density at radius 2 is 1.69 bits per heavy atom. The average Bonchev–Trinajstić information content (AvgIpc) is 2.72. The normalized spacial score (nSPS) is 19.3. The van der Waals surface area contributed by atoms with Gasteiger partial charge in [-0.25, -0.2) is 4.39 Å². The van der Waals surface area contributed by atoms with E-state index in [1.807, 2.05) is 6.07 Å². The zero-order valence-corrected chi connectivity index (χ0v) is 19.2. The van der Waals surface area contributed by atoms with Crippen molar-refractivity contribution in [3.05, 3.63) is 71.0 Å². The predicted molar refractivity (Wildman–Crippen MR) is 127 cm³/mol. The van der Waals surface area contributed by atoms with E-state index in [0.717, 1.165) is 22.2 Å². The van der Waals surface area contributed by atoms with Gasteiger partial charge in [-0.3, -0.25) is 0 Å². The minimum Gasteiger partial charge on any atom is -0.358 e. The van der Waals surface area contributed by atoms with Gasteiger partial charge in [-0.2, -0.15) is 0 Å². The van der Waals surface area contributed by atoms with Crippen LogP contribution in [0, 0.1) is 5.82 Å². The summed E-state index contributed by atoms with van der Waals surface area (Å²) in [6.07, 6.45) is 4.75. The quantitative estimate of drug-likeness (QED) is 0.513. The standard InChI is InChI=1S/C24H31FN2S2/c1-26(2)16-18-7-9-20(10-8-18)21-11-13-23(14-12-21)27(3)24(28)29-17-19-5-4-6-22(25)15-19/h4-10,15,21,23H,11-14,16-17H2,1-3H3/t21-,23-. The SMILES string of the molecule is CN(C)Cc1ccc([C@H]2CC[C@H](N(C)C(=S)SCc3cccc(F)c3)CC2)cc1. The molecule has 156 valence electrons. The lowest BCUT2D eigenvalue weighted by atomic mass is 9.81. The van der Waals surface area contributed by atoms with E-state index in [1.54, 1.807) is 23.9 Å². The van der Waals surface area contributed by atoms with Gasteiger partial charge in [-0.05, 0) is 74.5 Å². The number of thiocarbonyl (C=S) groups is 1. The summed E-state index contributed by atoms with van der Waals surface area (Å²) in [7, 11) is 6.32. The van der Waals surface area contributed by atoms with Crippen LogP contribution in [0.5, 0.6) is 0 Å². The topological polar surface area (TPSA) is 6.48 Å². The van der Waals surface area contributed by atoms with Gasteiger partial charge in [-0.1, -0.05) is 60.4 Å². The Labute approximate surface area is 184 Å². The predicted octanol–water partition coefficient (Wildman–Crippen LogP) is 6.06. The molecule has 2 aromatic rings. The Bertz CT molecular complexity index is 799. The number of halogens is 1. The summed E-state index contributed by atoms with van der Waals surface area (Å²) >= 11 is 7.28. The van der Waals surface area contributed by atoms with Gasteiger partial charge >= 0.3 is 0 Å². The molecule has 1 aliphatic carbocycles. The van der Waals surface area contributed by atoms with Gasteiger partial charge in [0.2, 0.25) is 0 Å². The van der Waals surface area contributed by atoms with E-state index in [9.17, 15) is 4.39 Å². The monoisotopic (exact) mass is 430 g/mol. The molecule has 2 aromatic carbocycles. The summed E-state index contributed by atoms with van der Waals surface area (Å²) in [5.41, 5.74) is 3.82. The van der Waals surface area contributed by atoms with Gasteiger partial charge in [0.25, 0.3) is 0 Å². The second kappa shape index (κ2) is 10.6. The van der Waals surface area contributed by atoms with Crippen LogP contribution in [-0.2, 0) is 12.3 Å². The molecule has 0 aliphatic heterocycles. The van der Waals surface area contributed by atoms with Gasteiger partial charge in [0.05, 0.1) is 0 Å². The minimum absolute atomic E-state index is 0.185. The lowest BCUT2D eigenvalue weighted by molar-refractivity contribution is 0.267. The Hall–Kier alpha value is -1.43. The summed E-state index contributed by atoms with van der Waals surface area (Å²) in [5.74, 6) is 1.19. The van der Waals surface area contributed by atoms with E-state index in [-0.39, 0.29) is 5.82 Å². The molecule has 3 rings (SSSR count). The molecule has 1 aliphatic rings. The maximum absolute atomic E-state index is 13.3. The first kappa shape index (κ1) is 22.3. The molecule has 1 saturated carbocycles. The van der Waals surface area contributed by atoms with Crippen molar-refractivity contribution in [3.63, 3.8) is 0 Å². The molecule has 0 spiro atoms. The summed E-state index contributed by atoms with van der Waals surface area (Å²) in [4.78, 5) is 4.46. The van der Waals surface area contributed by atoms with Crippen LogP contribution < -0.4 is 0 Å². The zero-order chi connectivity index (χ0) is 20.8. The number of thioether (sulfide) groups is 1. The highest BCUT2D eigenvalue weighted by atomic mass is 32.2. The van der Waals surface area contributed by atoms with E-state index in [4.69, 9.17) is 12.2 Å². The molecule has 0 atom stereocenters. The first-order valence-electron chi connectivity index (χ1n) is 10.3. The average molecular weight is 431 g/mol. The largest absolute Gasteiger partial charge is 0.358 e. The van der Waals surface area contributed by atoms with Crippen LogP contribution in [0.25, 0.3) is 0 Å². The third-order valence-corrected chi connectivity index (χ3v) is 7.39. The molecule has 29 heavy (non-hydrogen) atoms. The fourth-order valence-corrected chi connectivity index (χ4v) is 5.23. The Morgan fingerprint density at radius 1 is 1.00 bits per heavy atom. The fourth-order valence-electron chi connectivity index (χ4n) is 4.08. The van der Waals surface area contributed by atoms with Crippen LogP contribution >= 0.6 is 24.0 Å². The molecule has 0 saturated heterocycles. The first-order chi connectivity index (χ1) is 13.9. The molecule has 1 fully saturated rings. The lowest BCUT2D eigenvalue weighted by Crippen LogP contribution is -2.37. The fraction of sp³-hybridized carbons (Fsp3) is 0.458. The van der Waals surface area contributed by atoms with Crippen LogP contribution in [0.3, 0.4) is 0 Å². The molecule has 0 radical (unpaired) electrons. The van der Waals surface area contributed by atoms with E-state index in [0.29, 0.717) is 12.0 Å². The van der Waals surface area contributed by atoms with Gasteiger partial charge in [0.15, 0.2) is 0 Å². The maximum Gasteiger partial charge on any atom is 0.136 e. The highest BCUT2D eigenvalue weighted by molar-refractivity contribution is 8.22. The Kier molecular flexibility index (Phi) is 8.10. The lowest BCUT2D eigenvalue weighted by Gasteiger charge is -2.36. The molecular formula is C24H31FN2S2. The van der Waals surface area contributed by atoms with Crippen molar-refractivity contribution in [1.82, 2.24) is 9.80 Å². The number of rotatable bonds is 6. The van der Waals surface area contributed by atoms with Crippen molar-refractivity contribution < 1.29 is 4.39 Å². The number of benzene rings is 2. The van der Waals surface area contributed by atoms with Crippen LogP contribution in [0.2, 0.25) is 0 Å². The van der Waals surface area contributed by atoms with Crippen LogP contribution in [0.4, 0.5) is 4.39 Å². The molecule has 5 heteroatoms. The van der Waals surface area contributed by atoms with Crippen molar-refractivity contribution in [2.45, 2.75) is 49.9 Å². The Balaban J connectivity index is 1.47. The van der Waals surface area contributed by atoms with Gasteiger partial charge in [0.1, 0.15) is 10.1 Å². The summed E-state index contributed by atoms with van der Waals surface area (Å²) < 4.78 is 14.2. The van der Waals surface area contributed by atoms with Crippen molar-refractivity contribution >= 4 is 28.3 Å². The molecule has 0 unspecified atom stereocenters. The highest BCUT2D eigenvalue weighted by Gasteiger charge is 2.26. The third kappa shape index (κ3) is 6.53. The second-order valence-corrected chi connectivity index (χ2v) is 9.89. The number of hydrogen-bond acceptors (Lipinski definition) is 3. The van der Waals surface area contributed by atoms with Crippen molar-refractivity contribution in [2.24, 2.45) is 0 Å². The smallest absolute Gasteiger partial charge is 0.136 e. The first-order valence-corrected chi connectivity index (χ1v) is 11.7. The summed E-state index contributed by atoms with van der Waals surface area (Å²) in [6, 6.07) is 16.4. The van der Waals surface area contributed by atoms with Crippen molar-refractivity contribution in [1.29, 1.82) is 0 Å². The zero-order valence-electron chi connectivity index (χ0n) is 17.6. The van der Waals surface area contributed by atoms with E-state index >= 15 is 0 Å². The molecule has 0 N–H and O–H groups in total. The highest BCUT2D eigenvalue weighted by Crippen LogP contribution is 2.35. The number of nitrogens with zero attached hydrogens (tertiary/aromatic N) is 2. The van der Waals surface area contributed by atoms with Crippen molar-refractivity contribution in [2.75, 3.05) is 21.1 Å². The molecule has 0 aromatic heterocycles. The third-order valence-electron chi connectivity index (χ3n) is 5.73.